The fourth-order valence-corrected chi connectivity index (χ4v) is 5.21. The maximum Gasteiger partial charge on any atom is 0.338 e. The minimum absolute atomic E-state index is 0.121. The lowest BCUT2D eigenvalue weighted by atomic mass is 9.95. The molecule has 6 nitrogen and oxygen atoms in total. The van der Waals surface area contributed by atoms with Crippen LogP contribution in [0.3, 0.4) is 0 Å². The van der Waals surface area contributed by atoms with E-state index in [1.165, 1.54) is 11.6 Å². The predicted molar refractivity (Wildman–Crippen MR) is 119 cm³/mol. The van der Waals surface area contributed by atoms with Gasteiger partial charge in [-0.25, -0.2) is 14.0 Å². The maximum absolute atomic E-state index is 13.9. The number of rotatable bonds is 4. The quantitative estimate of drug-likeness (QED) is 0.592. The highest BCUT2D eigenvalue weighted by Crippen LogP contribution is 2.32. The zero-order valence-electron chi connectivity index (χ0n) is 18.2. The highest BCUT2D eigenvalue weighted by Gasteiger charge is 2.33. The molecule has 0 unspecified atom stereocenters. The molecular weight excluding hydrogens is 407 g/mol. The van der Waals surface area contributed by atoms with Crippen molar-refractivity contribution in [1.82, 2.24) is 15.1 Å². The van der Waals surface area contributed by atoms with Crippen LogP contribution in [0.5, 0.6) is 0 Å². The second-order valence-corrected chi connectivity index (χ2v) is 8.95. The molecule has 2 aromatic rings. The number of carbonyl (C=O) groups is 1. The second-order valence-electron chi connectivity index (χ2n) is 8.95. The van der Waals surface area contributed by atoms with Crippen molar-refractivity contribution in [2.75, 3.05) is 39.3 Å². The molecule has 5 rings (SSSR count). The van der Waals surface area contributed by atoms with Crippen LogP contribution < -0.4 is 5.32 Å². The Hall–Kier alpha value is -2.79. The molecule has 3 aliphatic rings. The van der Waals surface area contributed by atoms with E-state index in [1.807, 2.05) is 25.1 Å². The van der Waals surface area contributed by atoms with E-state index >= 15 is 0 Å². The zero-order chi connectivity index (χ0) is 22.2. The number of nitrogens with zero attached hydrogens (tertiary/aromatic N) is 3. The van der Waals surface area contributed by atoms with Gasteiger partial charge in [0.2, 0.25) is 5.69 Å². The van der Waals surface area contributed by atoms with Gasteiger partial charge in [-0.15, -0.1) is 0 Å². The van der Waals surface area contributed by atoms with E-state index in [-0.39, 0.29) is 17.7 Å². The summed E-state index contributed by atoms with van der Waals surface area (Å²) in [5, 5.41) is 3.63. The summed E-state index contributed by atoms with van der Waals surface area (Å²) < 4.78 is 19.0. The van der Waals surface area contributed by atoms with Crippen molar-refractivity contribution in [3.05, 3.63) is 75.4 Å². The fraction of sp³-hybridized carbons (Fsp3) is 0.440. The fourth-order valence-electron chi connectivity index (χ4n) is 5.21. The molecule has 7 heteroatoms. The third kappa shape index (κ3) is 3.90. The number of nitrogens with one attached hydrogen (secondary N) is 1. The molecular formula is C25H27FN4O2. The number of hydrogen-bond acceptors (Lipinski definition) is 5. The number of piperazine rings is 2. The van der Waals surface area contributed by atoms with Crippen molar-refractivity contribution in [3.8, 4) is 0 Å². The summed E-state index contributed by atoms with van der Waals surface area (Å²) in [6.45, 7) is 15.3. The lowest BCUT2D eigenvalue weighted by Crippen LogP contribution is -2.61. The largest absolute Gasteiger partial charge is 0.457 e. The van der Waals surface area contributed by atoms with Crippen LogP contribution in [0.2, 0.25) is 0 Å². The minimum Gasteiger partial charge on any atom is -0.457 e. The van der Waals surface area contributed by atoms with E-state index in [2.05, 4.69) is 26.0 Å². The Balaban J connectivity index is 1.18. The second kappa shape index (κ2) is 8.62. The Morgan fingerprint density at radius 3 is 2.97 bits per heavy atom. The van der Waals surface area contributed by atoms with Gasteiger partial charge in [-0.3, -0.25) is 4.90 Å². The van der Waals surface area contributed by atoms with Crippen molar-refractivity contribution in [2.45, 2.75) is 32.0 Å². The van der Waals surface area contributed by atoms with Crippen molar-refractivity contribution in [3.63, 3.8) is 0 Å². The third-order valence-corrected chi connectivity index (χ3v) is 7.08. The van der Waals surface area contributed by atoms with Crippen LogP contribution in [0.15, 0.2) is 30.3 Å². The van der Waals surface area contributed by atoms with E-state index in [0.29, 0.717) is 18.2 Å². The lowest BCUT2D eigenvalue weighted by Gasteiger charge is -2.47. The zero-order valence-corrected chi connectivity index (χ0v) is 18.2. The van der Waals surface area contributed by atoms with Gasteiger partial charge in [-0.05, 0) is 42.2 Å². The van der Waals surface area contributed by atoms with Gasteiger partial charge in [0, 0.05) is 56.9 Å². The molecule has 0 spiro atoms. The first-order valence-corrected chi connectivity index (χ1v) is 11.2. The SMILES string of the molecule is [C-]#[N+]c1c(F)ccc([C@@H]2CN3CCN(CCc4ccc5c(c4)COC5=O)C[C@H]3CN2)c1C. The van der Waals surface area contributed by atoms with Crippen LogP contribution in [0, 0.1) is 19.3 Å². The Kier molecular flexibility index (Phi) is 5.68. The monoisotopic (exact) mass is 434 g/mol. The summed E-state index contributed by atoms with van der Waals surface area (Å²) in [5.41, 5.74) is 4.85. The van der Waals surface area contributed by atoms with E-state index in [9.17, 15) is 9.18 Å². The number of cyclic esters (lactones) is 1. The number of benzene rings is 2. The lowest BCUT2D eigenvalue weighted by molar-refractivity contribution is 0.0426. The number of fused-ring (bicyclic) bond motifs is 2. The number of carbonyl (C=O) groups excluding carboxylic acids is 1. The van der Waals surface area contributed by atoms with Gasteiger partial charge in [0.05, 0.1) is 12.1 Å². The van der Waals surface area contributed by atoms with Gasteiger partial charge in [-0.1, -0.05) is 18.2 Å². The molecule has 2 saturated heterocycles. The van der Waals surface area contributed by atoms with Crippen molar-refractivity contribution < 1.29 is 13.9 Å². The molecule has 2 aromatic carbocycles. The van der Waals surface area contributed by atoms with Crippen molar-refractivity contribution >= 4 is 11.7 Å². The van der Waals surface area contributed by atoms with Gasteiger partial charge in [-0.2, -0.15) is 0 Å². The molecule has 2 fully saturated rings. The van der Waals surface area contributed by atoms with E-state index in [0.717, 1.165) is 62.4 Å². The molecule has 0 radical (unpaired) electrons. The molecule has 32 heavy (non-hydrogen) atoms. The maximum atomic E-state index is 13.9. The van der Waals surface area contributed by atoms with Gasteiger partial charge >= 0.3 is 5.97 Å². The van der Waals surface area contributed by atoms with Crippen LogP contribution in [-0.4, -0.2) is 61.1 Å². The first-order valence-electron chi connectivity index (χ1n) is 11.2. The summed E-state index contributed by atoms with van der Waals surface area (Å²) in [4.78, 5) is 20.0. The molecule has 0 aromatic heterocycles. The van der Waals surface area contributed by atoms with Crippen molar-refractivity contribution in [1.29, 1.82) is 0 Å². The molecule has 3 aliphatic heterocycles. The Bertz CT molecular complexity index is 1100. The van der Waals surface area contributed by atoms with Crippen LogP contribution in [-0.2, 0) is 17.8 Å². The minimum atomic E-state index is -0.439. The normalized spacial score (nSPS) is 23.3. The smallest absolute Gasteiger partial charge is 0.338 e. The third-order valence-electron chi connectivity index (χ3n) is 7.08. The Morgan fingerprint density at radius 1 is 1.25 bits per heavy atom. The van der Waals surface area contributed by atoms with Gasteiger partial charge < -0.3 is 15.0 Å². The number of hydrogen-bond donors (Lipinski definition) is 1. The average Bonchev–Trinajstić information content (AvgIpc) is 3.18. The summed E-state index contributed by atoms with van der Waals surface area (Å²) in [7, 11) is 0. The predicted octanol–water partition coefficient (Wildman–Crippen LogP) is 3.23. The molecule has 0 saturated carbocycles. The number of ether oxygens (including phenoxy) is 1. The molecule has 0 bridgehead atoms. The number of halogens is 1. The first-order chi connectivity index (χ1) is 15.5. The van der Waals surface area contributed by atoms with Crippen molar-refractivity contribution in [2.24, 2.45) is 0 Å². The Labute approximate surface area is 187 Å². The summed E-state index contributed by atoms with van der Waals surface area (Å²) in [6.07, 6.45) is 0.957. The summed E-state index contributed by atoms with van der Waals surface area (Å²) >= 11 is 0. The molecule has 166 valence electrons. The highest BCUT2D eigenvalue weighted by atomic mass is 19.1. The summed E-state index contributed by atoms with van der Waals surface area (Å²) in [6, 6.07) is 9.84. The standard InChI is InChI=1S/C25H27FN4O2/c1-16-20(5-6-22(26)24(16)27-2)23-14-30-10-9-29(13-19(30)12-28-23)8-7-17-3-4-21-18(11-17)15-32-25(21)31/h3-6,11,19,23,28H,7-10,12-15H2,1H3/t19-,23+/m1/s1. The topological polar surface area (TPSA) is 49.2 Å². The molecule has 0 aliphatic carbocycles. The molecule has 0 amide bonds. The van der Waals surface area contributed by atoms with Crippen LogP contribution >= 0.6 is 0 Å². The van der Waals surface area contributed by atoms with E-state index < -0.39 is 5.82 Å². The van der Waals surface area contributed by atoms with Gasteiger partial charge in [0.15, 0.2) is 0 Å². The highest BCUT2D eigenvalue weighted by molar-refractivity contribution is 5.93. The summed E-state index contributed by atoms with van der Waals surface area (Å²) in [5.74, 6) is -0.655. The molecule has 2 atom stereocenters. The van der Waals surface area contributed by atoms with E-state index in [4.69, 9.17) is 11.3 Å². The van der Waals surface area contributed by atoms with Crippen LogP contribution in [0.4, 0.5) is 10.1 Å². The molecule has 3 heterocycles. The van der Waals surface area contributed by atoms with Crippen LogP contribution in [0.1, 0.15) is 38.7 Å². The van der Waals surface area contributed by atoms with Gasteiger partial charge in [0.1, 0.15) is 12.4 Å². The van der Waals surface area contributed by atoms with Crippen LogP contribution in [0.25, 0.3) is 4.85 Å². The molecule has 1 N–H and O–H groups in total. The first kappa shape index (κ1) is 21.1. The average molecular weight is 435 g/mol. The Morgan fingerprint density at radius 2 is 2.12 bits per heavy atom. The van der Waals surface area contributed by atoms with E-state index in [1.54, 1.807) is 0 Å². The van der Waals surface area contributed by atoms with Gasteiger partial charge in [0.25, 0.3) is 0 Å². The number of esters is 1.